The molecule has 1 aromatic heterocycles. The van der Waals surface area contributed by atoms with Gasteiger partial charge in [-0.1, -0.05) is 20.3 Å². The summed E-state index contributed by atoms with van der Waals surface area (Å²) in [6.07, 6.45) is 8.23. The second-order valence-corrected chi connectivity index (χ2v) is 7.62. The van der Waals surface area contributed by atoms with Gasteiger partial charge >= 0.3 is 0 Å². The Labute approximate surface area is 115 Å². The van der Waals surface area contributed by atoms with E-state index >= 15 is 0 Å². The van der Waals surface area contributed by atoms with E-state index in [-0.39, 0.29) is 0 Å². The van der Waals surface area contributed by atoms with Gasteiger partial charge in [-0.2, -0.15) is 0 Å². The minimum Gasteiger partial charge on any atom is -0.309 e. The summed E-state index contributed by atoms with van der Waals surface area (Å²) in [5.41, 5.74) is 1.64. The minimum absolute atomic E-state index is 0.741. The molecule has 1 fully saturated rings. The first-order valence-corrected chi connectivity index (χ1v) is 8.38. The van der Waals surface area contributed by atoms with E-state index < -0.39 is 0 Å². The van der Waals surface area contributed by atoms with E-state index in [1.165, 1.54) is 38.5 Å². The standard InChI is InChI=1S/C16H25NS/c1-11-6-7-12(2)15(8-11)17-10-14-9-13-4-3-5-16(13)18-14/h9,11-12,15,17H,3-8,10H2,1-2H3. The Hall–Kier alpha value is -0.340. The summed E-state index contributed by atoms with van der Waals surface area (Å²) >= 11 is 2.05. The van der Waals surface area contributed by atoms with Crippen molar-refractivity contribution in [1.82, 2.24) is 5.32 Å². The average Bonchev–Trinajstić information content (AvgIpc) is 2.90. The summed E-state index contributed by atoms with van der Waals surface area (Å²) in [7, 11) is 0. The summed E-state index contributed by atoms with van der Waals surface area (Å²) in [6, 6.07) is 3.20. The highest BCUT2D eigenvalue weighted by Gasteiger charge is 2.25. The van der Waals surface area contributed by atoms with E-state index in [1.54, 1.807) is 15.3 Å². The Morgan fingerprint density at radius 1 is 1.28 bits per heavy atom. The van der Waals surface area contributed by atoms with Gasteiger partial charge in [0.25, 0.3) is 0 Å². The maximum Gasteiger partial charge on any atom is 0.0302 e. The van der Waals surface area contributed by atoms with Crippen molar-refractivity contribution in [3.05, 3.63) is 21.4 Å². The molecule has 0 saturated heterocycles. The topological polar surface area (TPSA) is 12.0 Å². The number of thiophene rings is 1. The molecule has 1 nitrogen and oxygen atoms in total. The molecule has 18 heavy (non-hydrogen) atoms. The Bertz CT molecular complexity index is 388. The molecule has 2 heteroatoms. The molecular weight excluding hydrogens is 238 g/mol. The van der Waals surface area contributed by atoms with Gasteiger partial charge in [0.15, 0.2) is 0 Å². The third-order valence-corrected chi connectivity index (χ3v) is 6.03. The SMILES string of the molecule is CC1CCC(C)C(NCc2cc3c(s2)CCC3)C1. The van der Waals surface area contributed by atoms with E-state index in [4.69, 9.17) is 0 Å². The molecule has 0 aliphatic heterocycles. The highest BCUT2D eigenvalue weighted by molar-refractivity contribution is 7.12. The highest BCUT2D eigenvalue weighted by Crippen LogP contribution is 2.32. The van der Waals surface area contributed by atoms with Gasteiger partial charge in [-0.05, 0) is 55.6 Å². The average molecular weight is 263 g/mol. The van der Waals surface area contributed by atoms with E-state index in [2.05, 4.69) is 36.6 Å². The lowest BCUT2D eigenvalue weighted by Crippen LogP contribution is -2.38. The van der Waals surface area contributed by atoms with Crippen molar-refractivity contribution in [1.29, 1.82) is 0 Å². The molecule has 1 aromatic rings. The second kappa shape index (κ2) is 5.34. The van der Waals surface area contributed by atoms with Crippen molar-refractivity contribution in [2.75, 3.05) is 0 Å². The summed E-state index contributed by atoms with van der Waals surface area (Å²) < 4.78 is 0. The van der Waals surface area contributed by atoms with Crippen molar-refractivity contribution in [2.24, 2.45) is 11.8 Å². The third-order valence-electron chi connectivity index (χ3n) is 4.79. The molecular formula is C16H25NS. The number of aryl methyl sites for hydroxylation is 2. The van der Waals surface area contributed by atoms with Gasteiger partial charge in [-0.25, -0.2) is 0 Å². The number of nitrogens with one attached hydrogen (secondary N) is 1. The summed E-state index contributed by atoms with van der Waals surface area (Å²) in [4.78, 5) is 3.22. The summed E-state index contributed by atoms with van der Waals surface area (Å²) in [6.45, 7) is 5.91. The lowest BCUT2D eigenvalue weighted by Gasteiger charge is -2.33. The largest absolute Gasteiger partial charge is 0.309 e. The van der Waals surface area contributed by atoms with Crippen LogP contribution in [-0.4, -0.2) is 6.04 Å². The second-order valence-electron chi connectivity index (χ2n) is 6.40. The zero-order chi connectivity index (χ0) is 12.5. The van der Waals surface area contributed by atoms with Crippen LogP contribution >= 0.6 is 11.3 Å². The van der Waals surface area contributed by atoms with Crippen LogP contribution in [0.25, 0.3) is 0 Å². The third kappa shape index (κ3) is 2.65. The first-order chi connectivity index (χ1) is 8.72. The molecule has 0 radical (unpaired) electrons. The molecule has 0 aromatic carbocycles. The minimum atomic E-state index is 0.741. The van der Waals surface area contributed by atoms with E-state index in [0.29, 0.717) is 0 Å². The van der Waals surface area contributed by atoms with Crippen molar-refractivity contribution < 1.29 is 0 Å². The molecule has 0 bridgehead atoms. The zero-order valence-corrected chi connectivity index (χ0v) is 12.5. The smallest absolute Gasteiger partial charge is 0.0302 e. The van der Waals surface area contributed by atoms with Gasteiger partial charge in [0.2, 0.25) is 0 Å². The Morgan fingerprint density at radius 3 is 3.00 bits per heavy atom. The van der Waals surface area contributed by atoms with Gasteiger partial charge in [-0.15, -0.1) is 11.3 Å². The Kier molecular flexibility index (Phi) is 3.76. The van der Waals surface area contributed by atoms with Crippen molar-refractivity contribution in [3.8, 4) is 0 Å². The highest BCUT2D eigenvalue weighted by atomic mass is 32.1. The quantitative estimate of drug-likeness (QED) is 0.864. The number of hydrogen-bond acceptors (Lipinski definition) is 2. The predicted molar refractivity (Wildman–Crippen MR) is 79.2 cm³/mol. The van der Waals surface area contributed by atoms with Crippen LogP contribution < -0.4 is 5.32 Å². The Morgan fingerprint density at radius 2 is 2.17 bits per heavy atom. The maximum absolute atomic E-state index is 3.82. The fourth-order valence-corrected chi connectivity index (χ4v) is 4.74. The van der Waals surface area contributed by atoms with Gasteiger partial charge in [0, 0.05) is 22.3 Å². The first kappa shape index (κ1) is 12.7. The molecule has 0 spiro atoms. The summed E-state index contributed by atoms with van der Waals surface area (Å²) in [5, 5.41) is 3.82. The molecule has 2 aliphatic carbocycles. The number of rotatable bonds is 3. The molecule has 100 valence electrons. The van der Waals surface area contributed by atoms with Crippen LogP contribution in [0, 0.1) is 11.8 Å². The lowest BCUT2D eigenvalue weighted by molar-refractivity contribution is 0.228. The van der Waals surface area contributed by atoms with E-state index in [1.807, 2.05) is 0 Å². The van der Waals surface area contributed by atoms with Gasteiger partial charge in [-0.3, -0.25) is 0 Å². The van der Waals surface area contributed by atoms with Gasteiger partial charge in [0.1, 0.15) is 0 Å². The van der Waals surface area contributed by atoms with Crippen LogP contribution in [-0.2, 0) is 19.4 Å². The molecule has 1 N–H and O–H groups in total. The fraction of sp³-hybridized carbons (Fsp3) is 0.750. The van der Waals surface area contributed by atoms with Crippen molar-refractivity contribution in [3.63, 3.8) is 0 Å². The molecule has 1 saturated carbocycles. The number of hydrogen-bond donors (Lipinski definition) is 1. The Balaban J connectivity index is 1.56. The predicted octanol–water partition coefficient (Wildman–Crippen LogP) is 4.15. The van der Waals surface area contributed by atoms with E-state index in [9.17, 15) is 0 Å². The molecule has 2 aliphatic rings. The zero-order valence-electron chi connectivity index (χ0n) is 11.7. The van der Waals surface area contributed by atoms with Crippen molar-refractivity contribution >= 4 is 11.3 Å². The van der Waals surface area contributed by atoms with Crippen LogP contribution in [0.3, 0.4) is 0 Å². The normalized spacial score (nSPS) is 31.6. The molecule has 0 amide bonds. The van der Waals surface area contributed by atoms with Gasteiger partial charge in [0.05, 0.1) is 0 Å². The monoisotopic (exact) mass is 263 g/mol. The van der Waals surface area contributed by atoms with E-state index in [0.717, 1.165) is 24.4 Å². The molecule has 1 heterocycles. The fourth-order valence-electron chi connectivity index (χ4n) is 3.53. The number of fused-ring (bicyclic) bond motifs is 1. The lowest BCUT2D eigenvalue weighted by atomic mass is 9.80. The van der Waals surface area contributed by atoms with Crippen molar-refractivity contribution in [2.45, 2.75) is 65.0 Å². The van der Waals surface area contributed by atoms with Crippen LogP contribution in [0.5, 0.6) is 0 Å². The van der Waals surface area contributed by atoms with Crippen LogP contribution in [0.2, 0.25) is 0 Å². The molecule has 3 atom stereocenters. The maximum atomic E-state index is 3.82. The molecule has 3 unspecified atom stereocenters. The molecule has 3 rings (SSSR count). The summed E-state index contributed by atoms with van der Waals surface area (Å²) in [5.74, 6) is 1.76. The van der Waals surface area contributed by atoms with Crippen LogP contribution in [0.4, 0.5) is 0 Å². The van der Waals surface area contributed by atoms with Crippen LogP contribution in [0.1, 0.15) is 54.8 Å². The van der Waals surface area contributed by atoms with Crippen LogP contribution in [0.15, 0.2) is 6.07 Å². The van der Waals surface area contributed by atoms with Gasteiger partial charge < -0.3 is 5.32 Å². The first-order valence-electron chi connectivity index (χ1n) is 7.56.